The molecule has 1 aromatic carbocycles. The van der Waals surface area contributed by atoms with Gasteiger partial charge in [-0.1, -0.05) is 0 Å². The fourth-order valence-electron chi connectivity index (χ4n) is 2.75. The lowest BCUT2D eigenvalue weighted by molar-refractivity contribution is 0.711. The quantitative estimate of drug-likeness (QED) is 0.907. The zero-order valence-electron chi connectivity index (χ0n) is 12.0. The van der Waals surface area contributed by atoms with Gasteiger partial charge >= 0.3 is 0 Å². The lowest BCUT2D eigenvalue weighted by Crippen LogP contribution is -2.17. The number of nitrogens with zero attached hydrogens (tertiary/aromatic N) is 3. The van der Waals surface area contributed by atoms with Gasteiger partial charge in [0.05, 0.1) is 0 Å². The number of hydrogen-bond acceptors (Lipinski definition) is 3. The largest absolute Gasteiger partial charge is 0.385 e. The number of anilines is 2. The Hall–Kier alpha value is -1.97. The van der Waals surface area contributed by atoms with Gasteiger partial charge in [0, 0.05) is 56.4 Å². The molecule has 0 saturated carbocycles. The van der Waals surface area contributed by atoms with Gasteiger partial charge in [0.2, 0.25) is 0 Å². The Morgan fingerprint density at radius 3 is 2.50 bits per heavy atom. The van der Waals surface area contributed by atoms with Crippen molar-refractivity contribution < 1.29 is 0 Å². The number of hydrogen-bond donors (Lipinski definition) is 1. The first-order chi connectivity index (χ1) is 9.83. The van der Waals surface area contributed by atoms with Crippen LogP contribution in [0.2, 0.25) is 0 Å². The molecule has 1 N–H and O–H groups in total. The van der Waals surface area contributed by atoms with E-state index in [2.05, 4.69) is 45.6 Å². The van der Waals surface area contributed by atoms with Crippen LogP contribution in [0, 0.1) is 0 Å². The van der Waals surface area contributed by atoms with Crippen LogP contribution < -0.4 is 10.2 Å². The lowest BCUT2D eigenvalue weighted by Gasteiger charge is -2.18. The van der Waals surface area contributed by atoms with E-state index < -0.39 is 0 Å². The minimum Gasteiger partial charge on any atom is -0.385 e. The molecule has 0 radical (unpaired) electrons. The Morgan fingerprint density at radius 2 is 1.85 bits per heavy atom. The Labute approximate surface area is 120 Å². The summed E-state index contributed by atoms with van der Waals surface area (Å²) in [4.78, 5) is 2.46. The van der Waals surface area contributed by atoms with Crippen molar-refractivity contribution in [1.29, 1.82) is 0 Å². The molecule has 0 unspecified atom stereocenters. The summed E-state index contributed by atoms with van der Waals surface area (Å²) in [6, 6.07) is 10.9. The molecule has 4 heteroatoms. The van der Waals surface area contributed by atoms with Gasteiger partial charge in [-0.05, 0) is 43.2 Å². The first-order valence-electron chi connectivity index (χ1n) is 7.39. The molecule has 106 valence electrons. The van der Waals surface area contributed by atoms with Crippen LogP contribution in [0.3, 0.4) is 0 Å². The summed E-state index contributed by atoms with van der Waals surface area (Å²) < 4.78 is 1.93. The second-order valence-electron chi connectivity index (χ2n) is 5.36. The first kappa shape index (κ1) is 13.0. The van der Waals surface area contributed by atoms with Crippen molar-refractivity contribution in [1.82, 2.24) is 9.78 Å². The third-order valence-electron chi connectivity index (χ3n) is 3.97. The molecule has 2 aromatic rings. The van der Waals surface area contributed by atoms with E-state index in [1.54, 1.807) is 0 Å². The van der Waals surface area contributed by atoms with E-state index in [9.17, 15) is 0 Å². The molecule has 20 heavy (non-hydrogen) atoms. The summed E-state index contributed by atoms with van der Waals surface area (Å²) >= 11 is 0. The normalized spacial score (nSPS) is 14.8. The van der Waals surface area contributed by atoms with Gasteiger partial charge in [0.25, 0.3) is 0 Å². The number of aryl methyl sites for hydroxylation is 1. The maximum Gasteiger partial charge on any atom is 0.0492 e. The smallest absolute Gasteiger partial charge is 0.0492 e. The molecule has 0 spiro atoms. The minimum absolute atomic E-state index is 0.933. The van der Waals surface area contributed by atoms with E-state index in [0.717, 1.165) is 13.0 Å². The van der Waals surface area contributed by atoms with Crippen LogP contribution in [-0.4, -0.2) is 29.4 Å². The minimum atomic E-state index is 0.933. The molecule has 1 aromatic heterocycles. The standard InChI is InChI=1S/C16H22N4/c1-19-15(9-11-18-19)8-10-17-14-4-6-16(7-5-14)20-12-2-3-13-20/h4-7,9,11,17H,2-3,8,10,12-13H2,1H3. The summed E-state index contributed by atoms with van der Waals surface area (Å²) in [6.07, 6.45) is 5.49. The average Bonchev–Trinajstić information content (AvgIpc) is 3.12. The number of benzene rings is 1. The number of nitrogens with one attached hydrogen (secondary N) is 1. The molecule has 3 rings (SSSR count). The van der Waals surface area contributed by atoms with Crippen LogP contribution in [0.15, 0.2) is 36.5 Å². The fraction of sp³-hybridized carbons (Fsp3) is 0.438. The topological polar surface area (TPSA) is 33.1 Å². The molecular formula is C16H22N4. The van der Waals surface area contributed by atoms with Crippen molar-refractivity contribution >= 4 is 11.4 Å². The van der Waals surface area contributed by atoms with Gasteiger partial charge in [-0.15, -0.1) is 0 Å². The zero-order chi connectivity index (χ0) is 13.8. The SMILES string of the molecule is Cn1nccc1CCNc1ccc(N2CCCC2)cc1. The van der Waals surface area contributed by atoms with Crippen LogP contribution in [0.4, 0.5) is 11.4 Å². The van der Waals surface area contributed by atoms with E-state index >= 15 is 0 Å². The van der Waals surface area contributed by atoms with Crippen LogP contribution >= 0.6 is 0 Å². The summed E-state index contributed by atoms with van der Waals surface area (Å²) in [5.74, 6) is 0. The first-order valence-corrected chi connectivity index (χ1v) is 7.39. The van der Waals surface area contributed by atoms with Crippen molar-refractivity contribution in [2.24, 2.45) is 7.05 Å². The third kappa shape index (κ3) is 2.95. The van der Waals surface area contributed by atoms with Gasteiger partial charge in [0.15, 0.2) is 0 Å². The van der Waals surface area contributed by atoms with E-state index in [1.807, 2.05) is 17.9 Å². The van der Waals surface area contributed by atoms with Crippen LogP contribution in [0.5, 0.6) is 0 Å². The molecule has 2 heterocycles. The average molecular weight is 270 g/mol. The second kappa shape index (κ2) is 5.99. The monoisotopic (exact) mass is 270 g/mol. The van der Waals surface area contributed by atoms with Crippen molar-refractivity contribution in [2.45, 2.75) is 19.3 Å². The molecule has 4 nitrogen and oxygen atoms in total. The van der Waals surface area contributed by atoms with E-state index in [-0.39, 0.29) is 0 Å². The highest BCUT2D eigenvalue weighted by Gasteiger charge is 2.11. The number of rotatable bonds is 5. The van der Waals surface area contributed by atoms with Gasteiger partial charge in [-0.3, -0.25) is 4.68 Å². The van der Waals surface area contributed by atoms with E-state index in [4.69, 9.17) is 0 Å². The van der Waals surface area contributed by atoms with Crippen LogP contribution in [0.25, 0.3) is 0 Å². The highest BCUT2D eigenvalue weighted by molar-refractivity contribution is 5.55. The van der Waals surface area contributed by atoms with Gasteiger partial charge < -0.3 is 10.2 Å². The Kier molecular flexibility index (Phi) is 3.90. The van der Waals surface area contributed by atoms with Crippen molar-refractivity contribution in [3.05, 3.63) is 42.2 Å². The predicted molar refractivity (Wildman–Crippen MR) is 83.3 cm³/mol. The van der Waals surface area contributed by atoms with E-state index in [0.29, 0.717) is 0 Å². The van der Waals surface area contributed by atoms with Gasteiger partial charge in [-0.25, -0.2) is 0 Å². The summed E-state index contributed by atoms with van der Waals surface area (Å²) in [5.41, 5.74) is 3.79. The van der Waals surface area contributed by atoms with Gasteiger partial charge in [0.1, 0.15) is 0 Å². The Bertz CT molecular complexity index is 538. The van der Waals surface area contributed by atoms with Crippen molar-refractivity contribution in [3.8, 4) is 0 Å². The fourth-order valence-corrected chi connectivity index (χ4v) is 2.75. The molecule has 0 atom stereocenters. The van der Waals surface area contributed by atoms with E-state index in [1.165, 1.54) is 43.0 Å². The molecule has 1 aliphatic heterocycles. The summed E-state index contributed by atoms with van der Waals surface area (Å²) in [5, 5.41) is 7.65. The lowest BCUT2D eigenvalue weighted by atomic mass is 10.2. The second-order valence-corrected chi connectivity index (χ2v) is 5.36. The highest BCUT2D eigenvalue weighted by Crippen LogP contribution is 2.21. The van der Waals surface area contributed by atoms with Crippen molar-refractivity contribution in [3.63, 3.8) is 0 Å². The van der Waals surface area contributed by atoms with Gasteiger partial charge in [-0.2, -0.15) is 5.10 Å². The molecule has 1 fully saturated rings. The number of aromatic nitrogens is 2. The Balaban J connectivity index is 1.52. The molecule has 0 bridgehead atoms. The van der Waals surface area contributed by atoms with Crippen LogP contribution in [0.1, 0.15) is 18.5 Å². The molecular weight excluding hydrogens is 248 g/mol. The van der Waals surface area contributed by atoms with Crippen molar-refractivity contribution in [2.75, 3.05) is 29.9 Å². The highest BCUT2D eigenvalue weighted by atomic mass is 15.3. The predicted octanol–water partition coefficient (Wildman–Crippen LogP) is 2.67. The summed E-state index contributed by atoms with van der Waals surface area (Å²) in [6.45, 7) is 3.34. The maximum absolute atomic E-state index is 4.18. The third-order valence-corrected chi connectivity index (χ3v) is 3.97. The molecule has 1 saturated heterocycles. The van der Waals surface area contributed by atoms with Crippen LogP contribution in [-0.2, 0) is 13.5 Å². The molecule has 1 aliphatic rings. The zero-order valence-corrected chi connectivity index (χ0v) is 12.0. The molecule has 0 aliphatic carbocycles. The molecule has 0 amide bonds. The Morgan fingerprint density at radius 1 is 1.10 bits per heavy atom. The summed E-state index contributed by atoms with van der Waals surface area (Å²) in [7, 11) is 1.99. The maximum atomic E-state index is 4.18.